The van der Waals surface area contributed by atoms with Crippen LogP contribution in [0.25, 0.3) is 11.3 Å². The molecule has 1 N–H and O–H groups in total. The minimum atomic E-state index is -0.723. The van der Waals surface area contributed by atoms with Crippen LogP contribution in [0.1, 0.15) is 18.5 Å². The highest BCUT2D eigenvalue weighted by molar-refractivity contribution is 5.79. The van der Waals surface area contributed by atoms with Crippen LogP contribution in [-0.2, 0) is 11.3 Å². The van der Waals surface area contributed by atoms with Gasteiger partial charge in [-0.2, -0.15) is 5.10 Å². The van der Waals surface area contributed by atoms with E-state index in [1.54, 1.807) is 20.1 Å². The molecule has 0 radical (unpaired) electrons. The molecule has 0 bridgehead atoms. The summed E-state index contributed by atoms with van der Waals surface area (Å²) in [7, 11) is 1.60. The monoisotopic (exact) mass is 363 g/mol. The largest absolute Gasteiger partial charge is 0.497 e. The van der Waals surface area contributed by atoms with Gasteiger partial charge in [0.15, 0.2) is 0 Å². The van der Waals surface area contributed by atoms with Gasteiger partial charge in [0.2, 0.25) is 5.91 Å². The van der Waals surface area contributed by atoms with E-state index in [4.69, 9.17) is 4.74 Å². The third-order valence-electron chi connectivity index (χ3n) is 4.27. The van der Waals surface area contributed by atoms with Crippen molar-refractivity contribution >= 4 is 5.91 Å². The SMILES string of the molecule is COc1ccc(-c2ccc(=O)n(C(C)C(=O)NCc3ccccc3)n2)cc1. The van der Waals surface area contributed by atoms with Gasteiger partial charge in [-0.3, -0.25) is 9.59 Å². The van der Waals surface area contributed by atoms with Crippen molar-refractivity contribution in [1.82, 2.24) is 15.1 Å². The summed E-state index contributed by atoms with van der Waals surface area (Å²) in [5.74, 6) is 0.473. The summed E-state index contributed by atoms with van der Waals surface area (Å²) in [5, 5.41) is 7.22. The van der Waals surface area contributed by atoms with Crippen molar-refractivity contribution in [2.75, 3.05) is 7.11 Å². The highest BCUT2D eigenvalue weighted by atomic mass is 16.5. The Morgan fingerprint density at radius 3 is 2.44 bits per heavy atom. The Balaban J connectivity index is 1.78. The lowest BCUT2D eigenvalue weighted by Crippen LogP contribution is -2.36. The maximum absolute atomic E-state index is 12.5. The molecule has 1 aromatic heterocycles. The molecule has 6 heteroatoms. The summed E-state index contributed by atoms with van der Waals surface area (Å²) in [6.45, 7) is 2.06. The van der Waals surface area contributed by atoms with Gasteiger partial charge in [-0.25, -0.2) is 4.68 Å². The average Bonchev–Trinajstić information content (AvgIpc) is 2.72. The fraction of sp³-hybridized carbons (Fsp3) is 0.190. The normalized spacial score (nSPS) is 11.6. The van der Waals surface area contributed by atoms with E-state index in [1.165, 1.54) is 10.7 Å². The van der Waals surface area contributed by atoms with Gasteiger partial charge in [0.05, 0.1) is 12.8 Å². The van der Waals surface area contributed by atoms with Crippen LogP contribution in [0.5, 0.6) is 5.75 Å². The van der Waals surface area contributed by atoms with Gasteiger partial charge in [0.1, 0.15) is 11.8 Å². The van der Waals surface area contributed by atoms with Crippen molar-refractivity contribution < 1.29 is 9.53 Å². The molecule has 0 spiro atoms. The van der Waals surface area contributed by atoms with Crippen LogP contribution < -0.4 is 15.6 Å². The first-order valence-electron chi connectivity index (χ1n) is 8.64. The fourth-order valence-corrected chi connectivity index (χ4v) is 2.66. The predicted molar refractivity (Wildman–Crippen MR) is 103 cm³/mol. The van der Waals surface area contributed by atoms with E-state index >= 15 is 0 Å². The first kappa shape index (κ1) is 18.4. The second kappa shape index (κ2) is 8.31. The number of amides is 1. The van der Waals surface area contributed by atoms with E-state index in [-0.39, 0.29) is 11.5 Å². The number of carbonyl (C=O) groups excluding carboxylic acids is 1. The molecule has 2 aromatic carbocycles. The number of aromatic nitrogens is 2. The molecule has 0 aliphatic rings. The summed E-state index contributed by atoms with van der Waals surface area (Å²) < 4.78 is 6.36. The standard InChI is InChI=1S/C21H21N3O3/c1-15(21(26)22-14-16-6-4-3-5-7-16)24-20(25)13-12-19(23-24)17-8-10-18(27-2)11-9-17/h3-13,15H,14H2,1-2H3,(H,22,26). The van der Waals surface area contributed by atoms with Crippen molar-refractivity contribution in [3.63, 3.8) is 0 Å². The Morgan fingerprint density at radius 2 is 1.78 bits per heavy atom. The van der Waals surface area contributed by atoms with E-state index in [9.17, 15) is 9.59 Å². The number of carbonyl (C=O) groups is 1. The smallest absolute Gasteiger partial charge is 0.267 e. The Labute approximate surface area is 157 Å². The van der Waals surface area contributed by atoms with E-state index in [0.717, 1.165) is 16.9 Å². The van der Waals surface area contributed by atoms with E-state index in [1.807, 2.05) is 54.6 Å². The van der Waals surface area contributed by atoms with Gasteiger partial charge in [0.25, 0.3) is 5.56 Å². The first-order chi connectivity index (χ1) is 13.1. The molecular formula is C21H21N3O3. The number of nitrogens with one attached hydrogen (secondary N) is 1. The van der Waals surface area contributed by atoms with Crippen molar-refractivity contribution in [3.8, 4) is 17.0 Å². The van der Waals surface area contributed by atoms with E-state index in [0.29, 0.717) is 12.2 Å². The molecule has 1 atom stereocenters. The minimum Gasteiger partial charge on any atom is -0.497 e. The highest BCUT2D eigenvalue weighted by Gasteiger charge is 2.17. The number of methoxy groups -OCH3 is 1. The number of hydrogen-bond donors (Lipinski definition) is 1. The molecule has 1 heterocycles. The Kier molecular flexibility index (Phi) is 5.66. The summed E-state index contributed by atoms with van der Waals surface area (Å²) in [5.41, 5.74) is 2.11. The van der Waals surface area contributed by atoms with Crippen LogP contribution in [-0.4, -0.2) is 22.8 Å². The fourth-order valence-electron chi connectivity index (χ4n) is 2.66. The van der Waals surface area contributed by atoms with Gasteiger partial charge in [-0.1, -0.05) is 30.3 Å². The topological polar surface area (TPSA) is 73.2 Å². The van der Waals surface area contributed by atoms with Crippen molar-refractivity contribution in [3.05, 3.63) is 82.6 Å². The highest BCUT2D eigenvalue weighted by Crippen LogP contribution is 2.20. The molecule has 3 rings (SSSR count). The van der Waals surface area contributed by atoms with Crippen molar-refractivity contribution in [2.45, 2.75) is 19.5 Å². The number of hydrogen-bond acceptors (Lipinski definition) is 4. The summed E-state index contributed by atoms with van der Waals surface area (Å²) >= 11 is 0. The maximum Gasteiger partial charge on any atom is 0.267 e. The summed E-state index contributed by atoms with van der Waals surface area (Å²) in [6, 6.07) is 19.3. The molecule has 0 saturated heterocycles. The van der Waals surface area contributed by atoms with Gasteiger partial charge >= 0.3 is 0 Å². The van der Waals surface area contributed by atoms with Gasteiger partial charge < -0.3 is 10.1 Å². The third-order valence-corrected chi connectivity index (χ3v) is 4.27. The van der Waals surface area contributed by atoms with Crippen LogP contribution in [0.15, 0.2) is 71.5 Å². The zero-order chi connectivity index (χ0) is 19.2. The molecule has 0 aliphatic carbocycles. The van der Waals surface area contributed by atoms with Crippen LogP contribution in [0, 0.1) is 0 Å². The molecule has 0 aliphatic heterocycles. The molecule has 1 amide bonds. The lowest BCUT2D eigenvalue weighted by Gasteiger charge is -2.15. The predicted octanol–water partition coefficient (Wildman–Crippen LogP) is 2.80. The zero-order valence-corrected chi connectivity index (χ0v) is 15.3. The molecule has 0 saturated carbocycles. The molecule has 6 nitrogen and oxygen atoms in total. The van der Waals surface area contributed by atoms with Crippen molar-refractivity contribution in [1.29, 1.82) is 0 Å². The Hall–Kier alpha value is -3.41. The Morgan fingerprint density at radius 1 is 1.07 bits per heavy atom. The number of benzene rings is 2. The van der Waals surface area contributed by atoms with E-state index in [2.05, 4.69) is 10.4 Å². The van der Waals surface area contributed by atoms with Gasteiger partial charge in [-0.05, 0) is 42.8 Å². The summed E-state index contributed by atoms with van der Waals surface area (Å²) in [6.07, 6.45) is 0. The minimum absolute atomic E-state index is 0.264. The maximum atomic E-state index is 12.5. The van der Waals surface area contributed by atoms with Crippen molar-refractivity contribution in [2.24, 2.45) is 0 Å². The third kappa shape index (κ3) is 4.41. The number of ether oxygens (including phenoxy) is 1. The molecule has 3 aromatic rings. The molecular weight excluding hydrogens is 342 g/mol. The number of nitrogens with zero attached hydrogens (tertiary/aromatic N) is 2. The van der Waals surface area contributed by atoms with Crippen LogP contribution in [0.2, 0.25) is 0 Å². The zero-order valence-electron chi connectivity index (χ0n) is 15.3. The van der Waals surface area contributed by atoms with Gasteiger partial charge in [-0.15, -0.1) is 0 Å². The Bertz CT molecular complexity index is 966. The lowest BCUT2D eigenvalue weighted by molar-refractivity contribution is -0.124. The second-order valence-electron chi connectivity index (χ2n) is 6.11. The molecule has 0 fully saturated rings. The quantitative estimate of drug-likeness (QED) is 0.731. The number of rotatable bonds is 6. The first-order valence-corrected chi connectivity index (χ1v) is 8.64. The van der Waals surface area contributed by atoms with Crippen LogP contribution in [0.4, 0.5) is 0 Å². The molecule has 1 unspecified atom stereocenters. The van der Waals surface area contributed by atoms with E-state index < -0.39 is 6.04 Å². The molecule has 138 valence electrons. The lowest BCUT2D eigenvalue weighted by atomic mass is 10.1. The van der Waals surface area contributed by atoms with Crippen LogP contribution >= 0.6 is 0 Å². The van der Waals surface area contributed by atoms with Gasteiger partial charge in [0, 0.05) is 18.2 Å². The molecule has 27 heavy (non-hydrogen) atoms. The summed E-state index contributed by atoms with van der Waals surface area (Å²) in [4.78, 5) is 24.7. The second-order valence-corrected chi connectivity index (χ2v) is 6.11. The van der Waals surface area contributed by atoms with Crippen LogP contribution in [0.3, 0.4) is 0 Å². The average molecular weight is 363 g/mol.